The molecular weight excluding hydrogens is 200 g/mol. The van der Waals surface area contributed by atoms with Gasteiger partial charge in [0.1, 0.15) is 5.82 Å². The monoisotopic (exact) mass is 206 g/mol. The third-order valence-electron chi connectivity index (χ3n) is 2.12. The van der Waals surface area contributed by atoms with E-state index < -0.39 is 0 Å². The Balaban J connectivity index is 2.49. The SMILES string of the molecule is N=c1cc2n3c(csc3n1)CC(=O)N2. The van der Waals surface area contributed by atoms with Crippen LogP contribution in [0.4, 0.5) is 5.82 Å². The van der Waals surface area contributed by atoms with Crippen LogP contribution in [0, 0.1) is 5.41 Å². The molecule has 3 heterocycles. The second-order valence-corrected chi connectivity index (χ2v) is 3.93. The van der Waals surface area contributed by atoms with E-state index in [0.717, 1.165) is 10.7 Å². The fraction of sp³-hybridized carbons (Fsp3) is 0.125. The van der Waals surface area contributed by atoms with Crippen molar-refractivity contribution in [2.24, 2.45) is 0 Å². The number of carbonyl (C=O) groups excluding carboxylic acids is 1. The Morgan fingerprint density at radius 1 is 1.64 bits per heavy atom. The summed E-state index contributed by atoms with van der Waals surface area (Å²) in [6.07, 6.45) is 0.386. The Morgan fingerprint density at radius 3 is 3.36 bits per heavy atom. The molecule has 14 heavy (non-hydrogen) atoms. The van der Waals surface area contributed by atoms with E-state index >= 15 is 0 Å². The van der Waals surface area contributed by atoms with Crippen molar-refractivity contribution >= 4 is 28.0 Å². The molecule has 6 heteroatoms. The standard InChI is InChI=1S/C8H6N4OS/c9-5-2-6-11-7(13)1-4-3-14-8(10-5)12(4)6/h2-3,9H,1H2,(H,11,13). The van der Waals surface area contributed by atoms with Gasteiger partial charge in [0.05, 0.1) is 6.42 Å². The van der Waals surface area contributed by atoms with Crippen LogP contribution in [0.25, 0.3) is 4.96 Å². The van der Waals surface area contributed by atoms with E-state index in [9.17, 15) is 4.79 Å². The third kappa shape index (κ3) is 0.912. The Kier molecular flexibility index (Phi) is 1.33. The molecule has 0 aliphatic carbocycles. The Bertz CT molecular complexity index is 597. The molecule has 3 rings (SSSR count). The number of hydrogen-bond donors (Lipinski definition) is 2. The average molecular weight is 206 g/mol. The number of nitrogens with zero attached hydrogens (tertiary/aromatic N) is 2. The van der Waals surface area contributed by atoms with Crippen LogP contribution in [0.3, 0.4) is 0 Å². The van der Waals surface area contributed by atoms with Gasteiger partial charge in [-0.25, -0.2) is 4.98 Å². The van der Waals surface area contributed by atoms with Crippen LogP contribution in [-0.4, -0.2) is 15.3 Å². The number of carbonyl (C=O) groups is 1. The average Bonchev–Trinajstić information content (AvgIpc) is 2.48. The highest BCUT2D eigenvalue weighted by molar-refractivity contribution is 7.15. The first kappa shape index (κ1) is 7.69. The van der Waals surface area contributed by atoms with Crippen molar-refractivity contribution in [3.8, 4) is 0 Å². The number of amides is 1. The maximum absolute atomic E-state index is 11.3. The molecule has 0 unspecified atom stereocenters. The minimum atomic E-state index is -0.0321. The molecule has 2 N–H and O–H groups in total. The normalized spacial score (nSPS) is 14.4. The van der Waals surface area contributed by atoms with E-state index in [4.69, 9.17) is 5.41 Å². The first-order chi connectivity index (χ1) is 6.74. The fourth-order valence-corrected chi connectivity index (χ4v) is 2.48. The molecule has 0 radical (unpaired) electrons. The predicted octanol–water partition coefficient (Wildman–Crippen LogP) is 0.370. The number of hydrogen-bond acceptors (Lipinski definition) is 4. The van der Waals surface area contributed by atoms with E-state index in [1.807, 2.05) is 9.78 Å². The summed E-state index contributed by atoms with van der Waals surface area (Å²) in [4.78, 5) is 16.1. The van der Waals surface area contributed by atoms with Gasteiger partial charge in [0.2, 0.25) is 5.91 Å². The molecule has 0 saturated heterocycles. The van der Waals surface area contributed by atoms with Crippen LogP contribution >= 0.6 is 11.3 Å². The largest absolute Gasteiger partial charge is 0.311 e. The highest BCUT2D eigenvalue weighted by atomic mass is 32.1. The lowest BCUT2D eigenvalue weighted by Gasteiger charge is -2.14. The molecule has 0 spiro atoms. The van der Waals surface area contributed by atoms with Crippen molar-refractivity contribution in [3.63, 3.8) is 0 Å². The fourth-order valence-electron chi connectivity index (χ4n) is 1.58. The zero-order valence-electron chi connectivity index (χ0n) is 7.07. The second kappa shape index (κ2) is 2.42. The molecule has 1 amide bonds. The van der Waals surface area contributed by atoms with Gasteiger partial charge in [-0.05, 0) is 0 Å². The number of anilines is 1. The summed E-state index contributed by atoms with van der Waals surface area (Å²) >= 11 is 1.45. The summed E-state index contributed by atoms with van der Waals surface area (Å²) in [7, 11) is 0. The van der Waals surface area contributed by atoms with Crippen LogP contribution in [0.15, 0.2) is 11.4 Å². The zero-order chi connectivity index (χ0) is 9.71. The molecule has 1 aliphatic heterocycles. The molecule has 0 aromatic carbocycles. The first-order valence-electron chi connectivity index (χ1n) is 4.09. The van der Waals surface area contributed by atoms with Gasteiger partial charge < -0.3 is 5.32 Å². The molecule has 1 aliphatic rings. The maximum Gasteiger partial charge on any atom is 0.231 e. The summed E-state index contributed by atoms with van der Waals surface area (Å²) in [6.45, 7) is 0. The van der Waals surface area contributed by atoms with Gasteiger partial charge in [0.25, 0.3) is 0 Å². The topological polar surface area (TPSA) is 70.2 Å². The highest BCUT2D eigenvalue weighted by Gasteiger charge is 2.18. The Hall–Kier alpha value is -1.69. The first-order valence-corrected chi connectivity index (χ1v) is 4.96. The van der Waals surface area contributed by atoms with Gasteiger partial charge in [-0.2, -0.15) is 0 Å². The predicted molar refractivity (Wildman–Crippen MR) is 51.3 cm³/mol. The number of nitrogens with one attached hydrogen (secondary N) is 2. The van der Waals surface area contributed by atoms with Crippen molar-refractivity contribution in [2.45, 2.75) is 6.42 Å². The highest BCUT2D eigenvalue weighted by Crippen LogP contribution is 2.22. The Morgan fingerprint density at radius 2 is 2.50 bits per heavy atom. The van der Waals surface area contributed by atoms with E-state index in [-0.39, 0.29) is 11.4 Å². The van der Waals surface area contributed by atoms with Crippen molar-refractivity contribution in [3.05, 3.63) is 22.6 Å². The lowest BCUT2D eigenvalue weighted by Crippen LogP contribution is -2.25. The van der Waals surface area contributed by atoms with Crippen molar-refractivity contribution < 1.29 is 4.79 Å². The third-order valence-corrected chi connectivity index (χ3v) is 2.99. The number of aromatic nitrogens is 2. The van der Waals surface area contributed by atoms with Crippen LogP contribution in [-0.2, 0) is 11.2 Å². The quantitative estimate of drug-likeness (QED) is 0.653. The molecule has 0 saturated carbocycles. The number of thiazole rings is 1. The summed E-state index contributed by atoms with van der Waals surface area (Å²) in [6, 6.07) is 1.56. The molecule has 0 fully saturated rings. The molecule has 0 bridgehead atoms. The van der Waals surface area contributed by atoms with Crippen molar-refractivity contribution in [1.29, 1.82) is 5.41 Å². The molecular formula is C8H6N4OS. The summed E-state index contributed by atoms with van der Waals surface area (Å²) in [5.41, 5.74) is 1.12. The smallest absolute Gasteiger partial charge is 0.231 e. The zero-order valence-corrected chi connectivity index (χ0v) is 7.89. The van der Waals surface area contributed by atoms with E-state index in [1.165, 1.54) is 11.3 Å². The molecule has 5 nitrogen and oxygen atoms in total. The van der Waals surface area contributed by atoms with Gasteiger partial charge in [-0.1, -0.05) is 0 Å². The maximum atomic E-state index is 11.3. The van der Waals surface area contributed by atoms with Gasteiger partial charge >= 0.3 is 0 Å². The van der Waals surface area contributed by atoms with E-state index in [0.29, 0.717) is 12.2 Å². The summed E-state index contributed by atoms with van der Waals surface area (Å²) in [5.74, 6) is 0.614. The minimum Gasteiger partial charge on any atom is -0.311 e. The minimum absolute atomic E-state index is 0.0321. The van der Waals surface area contributed by atoms with Crippen molar-refractivity contribution in [1.82, 2.24) is 9.38 Å². The number of rotatable bonds is 0. The lowest BCUT2D eigenvalue weighted by atomic mass is 10.3. The molecule has 2 aromatic rings. The van der Waals surface area contributed by atoms with Gasteiger partial charge in [0, 0.05) is 17.1 Å². The van der Waals surface area contributed by atoms with Gasteiger partial charge in [0.15, 0.2) is 10.4 Å². The Labute approximate surface area is 82.5 Å². The molecule has 2 aromatic heterocycles. The molecule has 70 valence electrons. The molecule has 0 atom stereocenters. The van der Waals surface area contributed by atoms with E-state index in [1.54, 1.807) is 6.07 Å². The second-order valence-electron chi connectivity index (χ2n) is 3.10. The van der Waals surface area contributed by atoms with Crippen molar-refractivity contribution in [2.75, 3.05) is 5.32 Å². The van der Waals surface area contributed by atoms with Crippen LogP contribution in [0.5, 0.6) is 0 Å². The van der Waals surface area contributed by atoms with Crippen LogP contribution in [0.2, 0.25) is 0 Å². The van der Waals surface area contributed by atoms with E-state index in [2.05, 4.69) is 10.3 Å². The summed E-state index contributed by atoms with van der Waals surface area (Å²) < 4.78 is 1.88. The van der Waals surface area contributed by atoms with Gasteiger partial charge in [-0.15, -0.1) is 11.3 Å². The van der Waals surface area contributed by atoms with Crippen LogP contribution < -0.4 is 10.8 Å². The summed E-state index contributed by atoms with van der Waals surface area (Å²) in [5, 5.41) is 12.1. The lowest BCUT2D eigenvalue weighted by molar-refractivity contribution is -0.115. The van der Waals surface area contributed by atoms with Crippen LogP contribution in [0.1, 0.15) is 5.69 Å². The van der Waals surface area contributed by atoms with Gasteiger partial charge in [-0.3, -0.25) is 14.6 Å².